The summed E-state index contributed by atoms with van der Waals surface area (Å²) in [4.78, 5) is 8.82. The van der Waals surface area contributed by atoms with Gasteiger partial charge in [-0.25, -0.2) is 18.4 Å². The Bertz CT molecular complexity index is 1200. The van der Waals surface area contributed by atoms with Crippen LogP contribution in [0.5, 0.6) is 0 Å². The molecule has 0 saturated heterocycles. The van der Waals surface area contributed by atoms with Crippen molar-refractivity contribution in [3.8, 4) is 11.3 Å². The number of anilines is 1. The van der Waals surface area contributed by atoms with Crippen LogP contribution in [0.2, 0.25) is 0 Å². The van der Waals surface area contributed by atoms with E-state index in [1.165, 1.54) is 0 Å². The molecule has 2 aromatic heterocycles. The minimum atomic E-state index is -3.51. The van der Waals surface area contributed by atoms with Crippen molar-refractivity contribution in [1.29, 1.82) is 0 Å². The number of sulfonamides is 1. The first-order valence-corrected chi connectivity index (χ1v) is 10.1. The van der Waals surface area contributed by atoms with Crippen LogP contribution >= 0.6 is 0 Å². The Morgan fingerprint density at radius 3 is 2.63 bits per heavy atom. The predicted octanol–water partition coefficient (Wildman–Crippen LogP) is 3.65. The molecule has 6 nitrogen and oxygen atoms in total. The molecule has 7 heteroatoms. The van der Waals surface area contributed by atoms with Crippen molar-refractivity contribution in [2.75, 3.05) is 4.72 Å². The van der Waals surface area contributed by atoms with Gasteiger partial charge in [0.05, 0.1) is 11.4 Å². The maximum absolute atomic E-state index is 12.5. The van der Waals surface area contributed by atoms with E-state index >= 15 is 0 Å². The quantitative estimate of drug-likeness (QED) is 0.575. The summed E-state index contributed by atoms with van der Waals surface area (Å²) in [7, 11) is -3.51. The molecule has 4 rings (SSSR count). The minimum Gasteiger partial charge on any atom is -0.288 e. The number of aryl methyl sites for hydroxylation is 1. The van der Waals surface area contributed by atoms with Crippen molar-refractivity contribution in [3.63, 3.8) is 0 Å². The molecule has 0 bridgehead atoms. The van der Waals surface area contributed by atoms with Crippen LogP contribution in [-0.2, 0) is 15.8 Å². The van der Waals surface area contributed by atoms with Crippen molar-refractivity contribution in [2.45, 2.75) is 12.7 Å². The lowest BCUT2D eigenvalue weighted by molar-refractivity contribution is 0.600. The average molecular weight is 378 g/mol. The van der Waals surface area contributed by atoms with E-state index in [0.29, 0.717) is 11.5 Å². The van der Waals surface area contributed by atoms with Crippen LogP contribution in [0.4, 0.5) is 5.69 Å². The lowest BCUT2D eigenvalue weighted by Crippen LogP contribution is -2.15. The standard InChI is InChI=1S/C20H18N4O2S/c1-15-19(22-20-21-11-6-12-24(15)20)17-9-5-10-18(13-17)23-27(25,26)14-16-7-3-2-4-8-16/h2-13,23H,14H2,1H3. The molecule has 0 atom stereocenters. The van der Waals surface area contributed by atoms with Gasteiger partial charge in [0.1, 0.15) is 0 Å². The zero-order valence-electron chi connectivity index (χ0n) is 14.7. The van der Waals surface area contributed by atoms with Crippen molar-refractivity contribution in [3.05, 3.63) is 84.3 Å². The molecular formula is C20H18N4O2S. The summed E-state index contributed by atoms with van der Waals surface area (Å²) in [5.74, 6) is 0.537. The second-order valence-electron chi connectivity index (χ2n) is 6.26. The lowest BCUT2D eigenvalue weighted by Gasteiger charge is -2.09. The van der Waals surface area contributed by atoms with Gasteiger partial charge < -0.3 is 0 Å². The topological polar surface area (TPSA) is 76.4 Å². The van der Waals surface area contributed by atoms with Gasteiger partial charge in [-0.05, 0) is 30.7 Å². The molecule has 0 unspecified atom stereocenters. The van der Waals surface area contributed by atoms with Gasteiger partial charge >= 0.3 is 0 Å². The zero-order chi connectivity index (χ0) is 18.9. The van der Waals surface area contributed by atoms with Crippen LogP contribution in [0.1, 0.15) is 11.3 Å². The fourth-order valence-corrected chi connectivity index (χ4v) is 4.20. The molecule has 27 heavy (non-hydrogen) atoms. The Morgan fingerprint density at radius 1 is 1.04 bits per heavy atom. The van der Waals surface area contributed by atoms with E-state index in [1.807, 2.05) is 53.9 Å². The monoisotopic (exact) mass is 378 g/mol. The van der Waals surface area contributed by atoms with E-state index < -0.39 is 10.0 Å². The zero-order valence-corrected chi connectivity index (χ0v) is 15.5. The molecule has 0 spiro atoms. The van der Waals surface area contributed by atoms with Gasteiger partial charge in [0, 0.05) is 29.3 Å². The minimum absolute atomic E-state index is 0.0740. The summed E-state index contributed by atoms with van der Waals surface area (Å²) in [5, 5.41) is 0. The molecule has 4 aromatic rings. The Hall–Kier alpha value is -3.19. The summed E-state index contributed by atoms with van der Waals surface area (Å²) < 4.78 is 29.5. The smallest absolute Gasteiger partial charge is 0.236 e. The van der Waals surface area contributed by atoms with E-state index in [-0.39, 0.29) is 5.75 Å². The first-order valence-electron chi connectivity index (χ1n) is 8.46. The maximum Gasteiger partial charge on any atom is 0.236 e. The lowest BCUT2D eigenvalue weighted by atomic mass is 10.1. The number of benzene rings is 2. The largest absolute Gasteiger partial charge is 0.288 e. The average Bonchev–Trinajstić information content (AvgIpc) is 2.99. The van der Waals surface area contributed by atoms with Gasteiger partial charge in [-0.2, -0.15) is 0 Å². The van der Waals surface area contributed by atoms with Crippen LogP contribution in [-0.4, -0.2) is 22.8 Å². The number of imidazole rings is 1. The molecule has 0 amide bonds. The molecule has 2 aromatic carbocycles. The third-order valence-electron chi connectivity index (χ3n) is 4.25. The van der Waals surface area contributed by atoms with Gasteiger partial charge in [-0.15, -0.1) is 0 Å². The molecule has 0 aliphatic rings. The predicted molar refractivity (Wildman–Crippen MR) is 106 cm³/mol. The maximum atomic E-state index is 12.5. The van der Waals surface area contributed by atoms with Crippen LogP contribution in [0.3, 0.4) is 0 Å². The highest BCUT2D eigenvalue weighted by Crippen LogP contribution is 2.26. The summed E-state index contributed by atoms with van der Waals surface area (Å²) in [6.45, 7) is 1.96. The van der Waals surface area contributed by atoms with Gasteiger partial charge in [0.15, 0.2) is 0 Å². The van der Waals surface area contributed by atoms with E-state index in [0.717, 1.165) is 22.5 Å². The molecule has 0 radical (unpaired) electrons. The molecule has 2 heterocycles. The van der Waals surface area contributed by atoms with Crippen LogP contribution < -0.4 is 4.72 Å². The number of nitrogens with one attached hydrogen (secondary N) is 1. The third-order valence-corrected chi connectivity index (χ3v) is 5.51. The molecule has 0 fully saturated rings. The Morgan fingerprint density at radius 2 is 1.85 bits per heavy atom. The van der Waals surface area contributed by atoms with Gasteiger partial charge in [-0.1, -0.05) is 42.5 Å². The number of nitrogens with zero attached hydrogens (tertiary/aromatic N) is 3. The van der Waals surface area contributed by atoms with Crippen LogP contribution in [0, 0.1) is 6.92 Å². The van der Waals surface area contributed by atoms with Crippen molar-refractivity contribution in [1.82, 2.24) is 14.4 Å². The molecular weight excluding hydrogens is 360 g/mol. The summed E-state index contributed by atoms with van der Waals surface area (Å²) in [5.41, 5.74) is 3.80. The second kappa shape index (κ2) is 6.85. The van der Waals surface area contributed by atoms with Gasteiger partial charge in [-0.3, -0.25) is 9.12 Å². The molecule has 0 aliphatic carbocycles. The molecule has 136 valence electrons. The second-order valence-corrected chi connectivity index (χ2v) is 7.99. The fourth-order valence-electron chi connectivity index (χ4n) is 3.02. The number of rotatable bonds is 5. The van der Waals surface area contributed by atoms with Crippen molar-refractivity contribution < 1.29 is 8.42 Å². The van der Waals surface area contributed by atoms with E-state index in [4.69, 9.17) is 0 Å². The van der Waals surface area contributed by atoms with E-state index in [9.17, 15) is 8.42 Å². The van der Waals surface area contributed by atoms with E-state index in [1.54, 1.807) is 30.5 Å². The van der Waals surface area contributed by atoms with Gasteiger partial charge in [0.2, 0.25) is 15.8 Å². The SMILES string of the molecule is Cc1c(-c2cccc(NS(=O)(=O)Cc3ccccc3)c2)nc2ncccn12. The molecule has 1 N–H and O–H groups in total. The van der Waals surface area contributed by atoms with E-state index in [2.05, 4.69) is 14.7 Å². The highest BCUT2D eigenvalue weighted by molar-refractivity contribution is 7.91. The van der Waals surface area contributed by atoms with Crippen LogP contribution in [0.15, 0.2) is 73.1 Å². The van der Waals surface area contributed by atoms with Crippen LogP contribution in [0.25, 0.3) is 17.0 Å². The summed E-state index contributed by atoms with van der Waals surface area (Å²) >= 11 is 0. The Balaban J connectivity index is 1.63. The highest BCUT2D eigenvalue weighted by atomic mass is 32.2. The number of hydrogen-bond acceptors (Lipinski definition) is 4. The highest BCUT2D eigenvalue weighted by Gasteiger charge is 2.14. The Kier molecular flexibility index (Phi) is 4.37. The van der Waals surface area contributed by atoms with Gasteiger partial charge in [0.25, 0.3) is 0 Å². The van der Waals surface area contributed by atoms with Crippen molar-refractivity contribution >= 4 is 21.5 Å². The number of fused-ring (bicyclic) bond motifs is 1. The Labute approximate surface area is 157 Å². The third kappa shape index (κ3) is 3.68. The fraction of sp³-hybridized carbons (Fsp3) is 0.100. The first-order chi connectivity index (χ1) is 13.0. The van der Waals surface area contributed by atoms with Crippen molar-refractivity contribution in [2.24, 2.45) is 0 Å². The molecule has 0 aliphatic heterocycles. The summed E-state index contributed by atoms with van der Waals surface area (Å²) in [6.07, 6.45) is 3.60. The molecule has 0 saturated carbocycles. The normalized spacial score (nSPS) is 11.6. The number of aromatic nitrogens is 3. The first kappa shape index (κ1) is 17.2. The summed E-state index contributed by atoms with van der Waals surface area (Å²) in [6, 6.07) is 18.2. The number of hydrogen-bond donors (Lipinski definition) is 1.